The first-order chi connectivity index (χ1) is 0. The van der Waals surface area contributed by atoms with Crippen LogP contribution in [0.15, 0.2) is 0 Å². The zero-order chi connectivity index (χ0) is 0. The molecule has 0 heterocycles. The van der Waals surface area contributed by atoms with Crippen molar-refractivity contribution in [2.24, 2.45) is 0 Å². The maximum Gasteiger partial charge on any atom is 2.00 e. The predicted molar refractivity (Wildman–Crippen MR) is 11.6 cm³/mol. The first-order valence-corrected chi connectivity index (χ1v) is 0. The van der Waals surface area contributed by atoms with Gasteiger partial charge in [0.15, 0.2) is 0 Å². The van der Waals surface area contributed by atoms with Crippen LogP contribution < -0.4 is 0 Å². The SMILES string of the molecule is O.[Ba+2].[Cu].[Eu].[H-].[H-]. The van der Waals surface area contributed by atoms with Crippen LogP contribution in [0.4, 0.5) is 0 Å². The summed E-state index contributed by atoms with van der Waals surface area (Å²) in [5, 5.41) is 0. The van der Waals surface area contributed by atoms with Crippen molar-refractivity contribution in [3.63, 3.8) is 0 Å². The van der Waals surface area contributed by atoms with E-state index in [1.165, 1.54) is 0 Å². The molecule has 0 fully saturated rings. The molecule has 0 aliphatic carbocycles. The number of rotatable bonds is 0. The molecule has 0 amide bonds. The van der Waals surface area contributed by atoms with Gasteiger partial charge < -0.3 is 8.33 Å². The monoisotopic (exact) mass is 374 g/mol. The van der Waals surface area contributed by atoms with E-state index in [0.717, 1.165) is 0 Å². The van der Waals surface area contributed by atoms with Crippen LogP contribution in [0, 0.1) is 49.4 Å². The van der Waals surface area contributed by atoms with E-state index in [0.29, 0.717) is 0 Å². The molecular formula is H4BaCuEuO. The van der Waals surface area contributed by atoms with Crippen molar-refractivity contribution >= 4 is 48.9 Å². The van der Waals surface area contributed by atoms with Gasteiger partial charge in [0, 0.05) is 66.4 Å². The summed E-state index contributed by atoms with van der Waals surface area (Å²) in [6, 6.07) is 0. The molecule has 0 saturated carbocycles. The molecule has 0 aliphatic heterocycles. The van der Waals surface area contributed by atoms with Gasteiger partial charge in [-0.05, 0) is 0 Å². The van der Waals surface area contributed by atoms with Crippen molar-refractivity contribution in [3.05, 3.63) is 0 Å². The fourth-order valence-electron chi connectivity index (χ4n) is 0. The first-order valence-electron chi connectivity index (χ1n) is 0. The topological polar surface area (TPSA) is 31.5 Å². The van der Waals surface area contributed by atoms with Crippen LogP contribution in [-0.2, 0) is 17.1 Å². The fourth-order valence-corrected chi connectivity index (χ4v) is 0. The summed E-state index contributed by atoms with van der Waals surface area (Å²) in [5.74, 6) is 0. The molecule has 4 heavy (non-hydrogen) atoms. The van der Waals surface area contributed by atoms with E-state index in [1.807, 2.05) is 0 Å². The molecule has 0 bridgehead atoms. The molecule has 0 saturated heterocycles. The zero-order valence-corrected chi connectivity index (χ0v) is 9.69. The van der Waals surface area contributed by atoms with Gasteiger partial charge in [-0.2, -0.15) is 0 Å². The second-order valence-corrected chi connectivity index (χ2v) is 0. The second kappa shape index (κ2) is 15.9. The molecule has 0 rings (SSSR count). The minimum Gasteiger partial charge on any atom is -1.00 e. The Balaban J connectivity index is 0. The van der Waals surface area contributed by atoms with E-state index in [-0.39, 0.29) is 124 Å². The van der Waals surface area contributed by atoms with Crippen LogP contribution in [0.2, 0.25) is 0 Å². The molecule has 30 valence electrons. The summed E-state index contributed by atoms with van der Waals surface area (Å²) in [5.41, 5.74) is 0. The molecule has 0 aromatic carbocycles. The molecule has 4 heteroatoms. The van der Waals surface area contributed by atoms with E-state index in [9.17, 15) is 0 Å². The average molecular weight is 373 g/mol. The van der Waals surface area contributed by atoms with Crippen LogP contribution >= 0.6 is 0 Å². The van der Waals surface area contributed by atoms with E-state index < -0.39 is 0 Å². The molecule has 1 nitrogen and oxygen atoms in total. The van der Waals surface area contributed by atoms with E-state index in [1.54, 1.807) is 0 Å². The average Bonchev–Trinajstić information content (AvgIpc) is 0. The van der Waals surface area contributed by atoms with Gasteiger partial charge in [-0.25, -0.2) is 0 Å². The summed E-state index contributed by atoms with van der Waals surface area (Å²) in [4.78, 5) is 0. The smallest absolute Gasteiger partial charge is 1.00 e. The summed E-state index contributed by atoms with van der Waals surface area (Å²) < 4.78 is 0. The molecule has 2 N–H and O–H groups in total. The molecule has 0 aromatic heterocycles. The quantitative estimate of drug-likeness (QED) is 0.489. The summed E-state index contributed by atoms with van der Waals surface area (Å²) in [6.07, 6.45) is 0. The van der Waals surface area contributed by atoms with Crippen molar-refractivity contribution in [2.75, 3.05) is 0 Å². The van der Waals surface area contributed by atoms with Crippen LogP contribution in [0.25, 0.3) is 0 Å². The van der Waals surface area contributed by atoms with Gasteiger partial charge in [-0.3, -0.25) is 0 Å². The Morgan fingerprint density at radius 1 is 1.25 bits per heavy atom. The Morgan fingerprint density at radius 2 is 1.25 bits per heavy atom. The van der Waals surface area contributed by atoms with Gasteiger partial charge in [0.2, 0.25) is 0 Å². The summed E-state index contributed by atoms with van der Waals surface area (Å²) >= 11 is 0. The Bertz CT molecular complexity index is 13.5. The predicted octanol–water partition coefficient (Wildman–Crippen LogP) is -0.983. The standard InChI is InChI=1S/Ba.Cu.Eu.H2O.2H/h;;;1H2;;/q+2;;;;2*-1. The fraction of sp³-hybridized carbons (Fsp3) is 0. The first kappa shape index (κ1) is 25.4. The van der Waals surface area contributed by atoms with E-state index >= 15 is 0 Å². The van der Waals surface area contributed by atoms with Gasteiger partial charge in [-0.1, -0.05) is 0 Å². The molecule has 0 aliphatic rings. The Morgan fingerprint density at radius 3 is 1.25 bits per heavy atom. The van der Waals surface area contributed by atoms with Crippen molar-refractivity contribution < 1.29 is 74.8 Å². The molecule has 2 radical (unpaired) electrons. The van der Waals surface area contributed by atoms with E-state index in [4.69, 9.17) is 0 Å². The summed E-state index contributed by atoms with van der Waals surface area (Å²) in [6.45, 7) is 0. The third-order valence-corrected chi connectivity index (χ3v) is 0. The number of hydrogen-bond acceptors (Lipinski definition) is 0. The minimum atomic E-state index is 0. The van der Waals surface area contributed by atoms with Crippen molar-refractivity contribution in [2.45, 2.75) is 0 Å². The minimum absolute atomic E-state index is 0. The molecular weight excluding hydrogens is 369 g/mol. The second-order valence-electron chi connectivity index (χ2n) is 0. The van der Waals surface area contributed by atoms with Crippen LogP contribution in [-0.4, -0.2) is 54.4 Å². The van der Waals surface area contributed by atoms with Gasteiger partial charge in [0.25, 0.3) is 0 Å². The Hall–Kier alpha value is 3.64. The van der Waals surface area contributed by atoms with Crippen LogP contribution in [0.5, 0.6) is 0 Å². The molecule has 0 aromatic rings. The van der Waals surface area contributed by atoms with Crippen molar-refractivity contribution in [3.8, 4) is 0 Å². The number of hydrogen-bond donors (Lipinski definition) is 0. The van der Waals surface area contributed by atoms with Crippen LogP contribution in [0.3, 0.4) is 0 Å². The maximum atomic E-state index is 0. The summed E-state index contributed by atoms with van der Waals surface area (Å²) in [7, 11) is 0. The molecule has 0 atom stereocenters. The molecule has 0 spiro atoms. The van der Waals surface area contributed by atoms with Crippen molar-refractivity contribution in [1.29, 1.82) is 0 Å². The van der Waals surface area contributed by atoms with E-state index in [2.05, 4.69) is 0 Å². The molecule has 0 unspecified atom stereocenters. The third-order valence-electron chi connectivity index (χ3n) is 0. The third kappa shape index (κ3) is 9.16. The maximum absolute atomic E-state index is 0. The van der Waals surface area contributed by atoms with Gasteiger partial charge in [0.05, 0.1) is 0 Å². The zero-order valence-electron chi connectivity index (χ0n) is 3.89. The van der Waals surface area contributed by atoms with Gasteiger partial charge >= 0.3 is 48.9 Å². The largest absolute Gasteiger partial charge is 2.00 e. The van der Waals surface area contributed by atoms with Gasteiger partial charge in [-0.15, -0.1) is 0 Å². The normalized spacial score (nSPS) is 0. The Kier molecular flexibility index (Phi) is 101. The van der Waals surface area contributed by atoms with Gasteiger partial charge in [0.1, 0.15) is 0 Å². The van der Waals surface area contributed by atoms with Crippen molar-refractivity contribution in [1.82, 2.24) is 0 Å². The van der Waals surface area contributed by atoms with Crippen LogP contribution in [0.1, 0.15) is 2.85 Å². The Labute approximate surface area is 120 Å².